The molecule has 1 saturated heterocycles. The number of halogens is 2. The number of rotatable bonds is 4. The first-order valence-corrected chi connectivity index (χ1v) is 10.1. The van der Waals surface area contributed by atoms with Crippen molar-refractivity contribution >= 4 is 40.7 Å². The number of fused-ring (bicyclic) bond motifs is 1. The molecule has 0 radical (unpaired) electrons. The summed E-state index contributed by atoms with van der Waals surface area (Å²) in [5.41, 5.74) is 3.33. The molecule has 0 unspecified atom stereocenters. The Hall–Kier alpha value is -2.93. The Kier molecular flexibility index (Phi) is 5.47. The smallest absolute Gasteiger partial charge is 0.227 e. The lowest BCUT2D eigenvalue weighted by Gasteiger charge is -2.19. The molecular weight excluding hydrogens is 409 g/mol. The summed E-state index contributed by atoms with van der Waals surface area (Å²) in [6, 6.07) is 9.89. The molecule has 1 N–H and O–H groups in total. The Morgan fingerprint density at radius 1 is 1.23 bits per heavy atom. The number of anilines is 2. The van der Waals surface area contributed by atoms with Crippen LogP contribution < -0.4 is 15.1 Å². The van der Waals surface area contributed by atoms with E-state index in [9.17, 15) is 18.8 Å². The molecule has 3 amide bonds. The average Bonchev–Trinajstić information content (AvgIpc) is 3.31. The Morgan fingerprint density at radius 2 is 2.03 bits per heavy atom. The van der Waals surface area contributed by atoms with Crippen LogP contribution >= 0.6 is 11.6 Å². The average molecular weight is 430 g/mol. The third-order valence-electron chi connectivity index (χ3n) is 5.60. The van der Waals surface area contributed by atoms with Crippen molar-refractivity contribution in [3.8, 4) is 0 Å². The zero-order valence-electron chi connectivity index (χ0n) is 16.5. The van der Waals surface area contributed by atoms with Gasteiger partial charge >= 0.3 is 0 Å². The van der Waals surface area contributed by atoms with Gasteiger partial charge in [-0.15, -0.1) is 0 Å². The summed E-state index contributed by atoms with van der Waals surface area (Å²) in [4.78, 5) is 40.2. The first kappa shape index (κ1) is 20.3. The fraction of sp³-hybridized carbons (Fsp3) is 0.318. The molecule has 2 aliphatic heterocycles. The van der Waals surface area contributed by atoms with E-state index < -0.39 is 11.7 Å². The monoisotopic (exact) mass is 429 g/mol. The highest BCUT2D eigenvalue weighted by Crippen LogP contribution is 2.34. The molecule has 8 heteroatoms. The van der Waals surface area contributed by atoms with Crippen molar-refractivity contribution in [2.75, 3.05) is 22.9 Å². The summed E-state index contributed by atoms with van der Waals surface area (Å²) in [5, 5.41) is 2.80. The Labute approximate surface area is 178 Å². The Bertz CT molecular complexity index is 1040. The first-order valence-electron chi connectivity index (χ1n) is 9.76. The van der Waals surface area contributed by atoms with Crippen LogP contribution in [0.4, 0.5) is 15.8 Å². The lowest BCUT2D eigenvalue weighted by molar-refractivity contribution is -0.126. The standard InChI is InChI=1S/C22H21ClFN3O3/c1-13(28)26-7-6-15-9-17(3-5-20(15)26)27-12-16(10-21(27)29)22(30)25-11-14-2-4-19(24)18(23)8-14/h2-5,8-9,16H,6-7,10-12H2,1H3,(H,25,30)/t16-/m1/s1. The van der Waals surface area contributed by atoms with E-state index in [1.165, 1.54) is 19.1 Å². The number of carbonyl (C=O) groups is 3. The third kappa shape index (κ3) is 3.89. The van der Waals surface area contributed by atoms with Crippen molar-refractivity contribution in [2.45, 2.75) is 26.3 Å². The van der Waals surface area contributed by atoms with Gasteiger partial charge in [-0.25, -0.2) is 4.39 Å². The van der Waals surface area contributed by atoms with Crippen LogP contribution in [0.15, 0.2) is 36.4 Å². The van der Waals surface area contributed by atoms with E-state index >= 15 is 0 Å². The number of nitrogens with one attached hydrogen (secondary N) is 1. The highest BCUT2D eigenvalue weighted by molar-refractivity contribution is 6.30. The molecule has 1 atom stereocenters. The molecule has 2 aromatic rings. The van der Waals surface area contributed by atoms with Crippen LogP contribution in [0.25, 0.3) is 0 Å². The second-order valence-corrected chi connectivity index (χ2v) is 8.01. The van der Waals surface area contributed by atoms with E-state index in [1.54, 1.807) is 15.9 Å². The highest BCUT2D eigenvalue weighted by atomic mass is 35.5. The summed E-state index contributed by atoms with van der Waals surface area (Å²) >= 11 is 5.77. The van der Waals surface area contributed by atoms with Crippen LogP contribution in [0.1, 0.15) is 24.5 Å². The molecule has 2 heterocycles. The fourth-order valence-corrected chi connectivity index (χ4v) is 4.20. The maximum atomic E-state index is 13.3. The van der Waals surface area contributed by atoms with Gasteiger partial charge in [0, 0.05) is 44.4 Å². The van der Waals surface area contributed by atoms with Crippen LogP contribution in [0.3, 0.4) is 0 Å². The molecule has 2 aromatic carbocycles. The molecule has 0 saturated carbocycles. The van der Waals surface area contributed by atoms with Crippen LogP contribution in [0, 0.1) is 11.7 Å². The van der Waals surface area contributed by atoms with Crippen LogP contribution in [-0.4, -0.2) is 30.8 Å². The van der Waals surface area contributed by atoms with Crippen LogP contribution in [-0.2, 0) is 27.3 Å². The molecule has 2 aliphatic rings. The topological polar surface area (TPSA) is 69.7 Å². The Balaban J connectivity index is 1.41. The lowest BCUT2D eigenvalue weighted by atomic mass is 10.1. The predicted molar refractivity (Wildman–Crippen MR) is 112 cm³/mol. The van der Waals surface area contributed by atoms with Crippen LogP contribution in [0.2, 0.25) is 5.02 Å². The van der Waals surface area contributed by atoms with E-state index in [-0.39, 0.29) is 35.7 Å². The van der Waals surface area contributed by atoms with Gasteiger partial charge < -0.3 is 15.1 Å². The van der Waals surface area contributed by atoms with Gasteiger partial charge in [0.15, 0.2) is 0 Å². The summed E-state index contributed by atoms with van der Waals surface area (Å²) < 4.78 is 13.3. The van der Waals surface area contributed by atoms with Gasteiger partial charge in [0.25, 0.3) is 0 Å². The van der Waals surface area contributed by atoms with E-state index in [1.807, 2.05) is 18.2 Å². The number of hydrogen-bond acceptors (Lipinski definition) is 3. The molecule has 0 aliphatic carbocycles. The molecule has 0 aromatic heterocycles. The number of nitrogens with zero attached hydrogens (tertiary/aromatic N) is 2. The SMILES string of the molecule is CC(=O)N1CCc2cc(N3C[C@H](C(=O)NCc4ccc(F)c(Cl)c4)CC3=O)ccc21. The van der Waals surface area contributed by atoms with Crippen molar-refractivity contribution in [3.05, 3.63) is 58.4 Å². The van der Waals surface area contributed by atoms with Crippen molar-refractivity contribution in [3.63, 3.8) is 0 Å². The normalized spacial score (nSPS) is 18.0. The quantitative estimate of drug-likeness (QED) is 0.812. The minimum absolute atomic E-state index is 0.00192. The van der Waals surface area contributed by atoms with Gasteiger partial charge in [-0.1, -0.05) is 17.7 Å². The van der Waals surface area contributed by atoms with Crippen molar-refractivity contribution in [1.82, 2.24) is 5.32 Å². The number of hydrogen-bond donors (Lipinski definition) is 1. The number of carbonyl (C=O) groups excluding carboxylic acids is 3. The minimum atomic E-state index is -0.510. The molecule has 156 valence electrons. The van der Waals surface area contributed by atoms with Gasteiger partial charge in [-0.2, -0.15) is 0 Å². The summed E-state index contributed by atoms with van der Waals surface area (Å²) in [5.74, 6) is -1.31. The van der Waals surface area contributed by atoms with Crippen molar-refractivity contribution < 1.29 is 18.8 Å². The minimum Gasteiger partial charge on any atom is -0.352 e. The number of benzene rings is 2. The van der Waals surface area contributed by atoms with E-state index in [2.05, 4.69) is 5.32 Å². The molecule has 30 heavy (non-hydrogen) atoms. The molecule has 6 nitrogen and oxygen atoms in total. The molecular formula is C22H21ClFN3O3. The highest BCUT2D eigenvalue weighted by Gasteiger charge is 2.35. The Morgan fingerprint density at radius 3 is 2.77 bits per heavy atom. The fourth-order valence-electron chi connectivity index (χ4n) is 4.00. The summed E-state index contributed by atoms with van der Waals surface area (Å²) in [6.07, 6.45) is 0.877. The largest absolute Gasteiger partial charge is 0.352 e. The van der Waals surface area contributed by atoms with Gasteiger partial charge in [-0.05, 0) is 47.9 Å². The zero-order valence-corrected chi connectivity index (χ0v) is 17.2. The van der Waals surface area contributed by atoms with Crippen LogP contribution in [0.5, 0.6) is 0 Å². The lowest BCUT2D eigenvalue weighted by Crippen LogP contribution is -2.32. The van der Waals surface area contributed by atoms with E-state index in [0.29, 0.717) is 18.7 Å². The predicted octanol–water partition coefficient (Wildman–Crippen LogP) is 3.06. The third-order valence-corrected chi connectivity index (χ3v) is 5.89. The first-order chi connectivity index (χ1) is 14.3. The second-order valence-electron chi connectivity index (χ2n) is 7.61. The van der Waals surface area contributed by atoms with E-state index in [0.717, 1.165) is 23.4 Å². The van der Waals surface area contributed by atoms with Crippen molar-refractivity contribution in [2.24, 2.45) is 5.92 Å². The van der Waals surface area contributed by atoms with Gasteiger partial charge in [0.05, 0.1) is 10.9 Å². The maximum absolute atomic E-state index is 13.3. The molecule has 0 bridgehead atoms. The molecule has 0 spiro atoms. The van der Waals surface area contributed by atoms with Gasteiger partial charge in [0.1, 0.15) is 5.82 Å². The second kappa shape index (κ2) is 8.07. The number of amides is 3. The maximum Gasteiger partial charge on any atom is 0.227 e. The van der Waals surface area contributed by atoms with E-state index in [4.69, 9.17) is 11.6 Å². The molecule has 4 rings (SSSR count). The summed E-state index contributed by atoms with van der Waals surface area (Å²) in [6.45, 7) is 2.68. The molecule has 1 fully saturated rings. The summed E-state index contributed by atoms with van der Waals surface area (Å²) in [7, 11) is 0. The zero-order chi connectivity index (χ0) is 21.4. The van der Waals surface area contributed by atoms with Crippen molar-refractivity contribution in [1.29, 1.82) is 0 Å². The van der Waals surface area contributed by atoms with Gasteiger partial charge in [-0.3, -0.25) is 14.4 Å². The van der Waals surface area contributed by atoms with Gasteiger partial charge in [0.2, 0.25) is 17.7 Å².